The van der Waals surface area contributed by atoms with Crippen molar-refractivity contribution in [1.29, 1.82) is 0 Å². The topological polar surface area (TPSA) is 26.3 Å². The van der Waals surface area contributed by atoms with Gasteiger partial charge in [-0.1, -0.05) is 13.8 Å². The number of rotatable bonds is 1. The van der Waals surface area contributed by atoms with Crippen molar-refractivity contribution in [2.75, 3.05) is 7.11 Å². The molecule has 0 saturated heterocycles. The monoisotopic (exact) mass is 182 g/mol. The third-order valence-electron chi connectivity index (χ3n) is 4.40. The summed E-state index contributed by atoms with van der Waals surface area (Å²) in [6, 6.07) is 0. The Morgan fingerprint density at radius 3 is 2.38 bits per heavy atom. The van der Waals surface area contributed by atoms with E-state index < -0.39 is 0 Å². The standard InChI is InChI=1S/C11H18O2/c1-6-7(2)9-4-8(6)5-10(9)11(12)13-3/h6-10H,4-5H2,1-3H3/t6?,7?,8-,9+,10?/m0/s1. The van der Waals surface area contributed by atoms with Crippen LogP contribution in [0.4, 0.5) is 0 Å². The molecule has 0 aliphatic heterocycles. The van der Waals surface area contributed by atoms with Gasteiger partial charge in [0.05, 0.1) is 13.0 Å². The van der Waals surface area contributed by atoms with Gasteiger partial charge in [-0.25, -0.2) is 0 Å². The fraction of sp³-hybridized carbons (Fsp3) is 0.909. The first kappa shape index (κ1) is 9.04. The number of hydrogen-bond donors (Lipinski definition) is 0. The third-order valence-corrected chi connectivity index (χ3v) is 4.40. The highest BCUT2D eigenvalue weighted by Crippen LogP contribution is 2.55. The van der Waals surface area contributed by atoms with Crippen molar-refractivity contribution in [3.63, 3.8) is 0 Å². The molecular weight excluding hydrogens is 164 g/mol. The quantitative estimate of drug-likeness (QED) is 0.580. The van der Waals surface area contributed by atoms with Crippen LogP contribution < -0.4 is 0 Å². The molecule has 0 heterocycles. The Morgan fingerprint density at radius 1 is 1.23 bits per heavy atom. The van der Waals surface area contributed by atoms with Crippen molar-refractivity contribution in [3.8, 4) is 0 Å². The van der Waals surface area contributed by atoms with Gasteiger partial charge in [-0.05, 0) is 36.5 Å². The molecule has 13 heavy (non-hydrogen) atoms. The summed E-state index contributed by atoms with van der Waals surface area (Å²) in [5, 5.41) is 0. The molecule has 0 aromatic heterocycles. The molecule has 0 radical (unpaired) electrons. The minimum atomic E-state index is 0.0197. The van der Waals surface area contributed by atoms with E-state index in [0.717, 1.165) is 18.3 Å². The van der Waals surface area contributed by atoms with Crippen molar-refractivity contribution in [1.82, 2.24) is 0 Å². The molecule has 0 aromatic carbocycles. The second kappa shape index (κ2) is 3.00. The van der Waals surface area contributed by atoms with Crippen LogP contribution in [0.3, 0.4) is 0 Å². The average Bonchev–Trinajstić information content (AvgIpc) is 2.67. The van der Waals surface area contributed by atoms with Crippen LogP contribution in [-0.2, 0) is 9.53 Å². The lowest BCUT2D eigenvalue weighted by molar-refractivity contribution is -0.148. The van der Waals surface area contributed by atoms with Gasteiger partial charge in [0.15, 0.2) is 0 Å². The molecular formula is C11H18O2. The van der Waals surface area contributed by atoms with Gasteiger partial charge in [-0.3, -0.25) is 4.79 Å². The molecule has 2 aliphatic carbocycles. The molecule has 74 valence electrons. The van der Waals surface area contributed by atoms with Gasteiger partial charge in [-0.15, -0.1) is 0 Å². The fourth-order valence-electron chi connectivity index (χ4n) is 3.36. The first-order valence-corrected chi connectivity index (χ1v) is 5.23. The fourth-order valence-corrected chi connectivity index (χ4v) is 3.36. The van der Waals surface area contributed by atoms with E-state index >= 15 is 0 Å². The smallest absolute Gasteiger partial charge is 0.308 e. The Kier molecular flexibility index (Phi) is 2.09. The minimum Gasteiger partial charge on any atom is -0.469 e. The predicted molar refractivity (Wildman–Crippen MR) is 50.0 cm³/mol. The summed E-state index contributed by atoms with van der Waals surface area (Å²) in [5.41, 5.74) is 0. The highest BCUT2D eigenvalue weighted by Gasteiger charge is 2.51. The van der Waals surface area contributed by atoms with Gasteiger partial charge in [-0.2, -0.15) is 0 Å². The van der Waals surface area contributed by atoms with E-state index in [2.05, 4.69) is 13.8 Å². The second-order valence-electron chi connectivity index (χ2n) is 4.74. The molecule has 2 bridgehead atoms. The number of methoxy groups -OCH3 is 1. The van der Waals surface area contributed by atoms with Crippen molar-refractivity contribution in [2.45, 2.75) is 26.7 Å². The Hall–Kier alpha value is -0.530. The molecule has 2 saturated carbocycles. The molecule has 2 aliphatic rings. The average molecular weight is 182 g/mol. The van der Waals surface area contributed by atoms with Crippen LogP contribution in [0.2, 0.25) is 0 Å². The minimum absolute atomic E-state index is 0.0197. The lowest BCUT2D eigenvalue weighted by Gasteiger charge is -2.29. The predicted octanol–water partition coefficient (Wildman–Crippen LogP) is 2.09. The first-order chi connectivity index (χ1) is 6.15. The Labute approximate surface area is 79.7 Å². The molecule has 0 aromatic rings. The summed E-state index contributed by atoms with van der Waals surface area (Å²) < 4.78 is 4.83. The van der Waals surface area contributed by atoms with E-state index in [1.165, 1.54) is 13.5 Å². The summed E-state index contributed by atoms with van der Waals surface area (Å²) in [6.07, 6.45) is 2.32. The lowest BCUT2D eigenvalue weighted by Crippen LogP contribution is -2.30. The molecule has 2 heteroatoms. The van der Waals surface area contributed by atoms with Crippen LogP contribution in [0, 0.1) is 29.6 Å². The molecule has 2 fully saturated rings. The molecule has 2 nitrogen and oxygen atoms in total. The Bertz CT molecular complexity index is 222. The van der Waals surface area contributed by atoms with Crippen molar-refractivity contribution in [2.24, 2.45) is 29.6 Å². The van der Waals surface area contributed by atoms with E-state index in [9.17, 15) is 4.79 Å². The maximum atomic E-state index is 11.4. The highest BCUT2D eigenvalue weighted by atomic mass is 16.5. The van der Waals surface area contributed by atoms with E-state index in [-0.39, 0.29) is 11.9 Å². The van der Waals surface area contributed by atoms with Crippen molar-refractivity contribution < 1.29 is 9.53 Å². The summed E-state index contributed by atoms with van der Waals surface area (Å²) >= 11 is 0. The van der Waals surface area contributed by atoms with E-state index in [1.807, 2.05) is 0 Å². The molecule has 2 rings (SSSR count). The molecule has 3 unspecified atom stereocenters. The van der Waals surface area contributed by atoms with Gasteiger partial charge >= 0.3 is 5.97 Å². The van der Waals surface area contributed by atoms with E-state index in [1.54, 1.807) is 0 Å². The number of carbonyl (C=O) groups excluding carboxylic acids is 1. The number of hydrogen-bond acceptors (Lipinski definition) is 2. The van der Waals surface area contributed by atoms with Crippen molar-refractivity contribution >= 4 is 5.97 Å². The highest BCUT2D eigenvalue weighted by molar-refractivity contribution is 5.73. The maximum absolute atomic E-state index is 11.4. The number of carbonyl (C=O) groups is 1. The number of esters is 1. The molecule has 5 atom stereocenters. The van der Waals surface area contributed by atoms with Gasteiger partial charge < -0.3 is 4.74 Å². The summed E-state index contributed by atoms with van der Waals surface area (Å²) in [6.45, 7) is 4.60. The third kappa shape index (κ3) is 1.18. The van der Waals surface area contributed by atoms with Gasteiger partial charge in [0.25, 0.3) is 0 Å². The summed E-state index contributed by atoms with van der Waals surface area (Å²) in [4.78, 5) is 11.4. The van der Waals surface area contributed by atoms with Crippen LogP contribution >= 0.6 is 0 Å². The second-order valence-corrected chi connectivity index (χ2v) is 4.74. The van der Waals surface area contributed by atoms with E-state index in [4.69, 9.17) is 4.74 Å². The number of ether oxygens (including phenoxy) is 1. The SMILES string of the molecule is COC(=O)C1C[C@@H]2C[C@@H]1C(C)C2C. The van der Waals surface area contributed by atoms with Crippen LogP contribution in [0.1, 0.15) is 26.7 Å². The van der Waals surface area contributed by atoms with Gasteiger partial charge in [0.2, 0.25) is 0 Å². The van der Waals surface area contributed by atoms with Crippen LogP contribution in [0.5, 0.6) is 0 Å². The maximum Gasteiger partial charge on any atom is 0.308 e. The largest absolute Gasteiger partial charge is 0.469 e. The van der Waals surface area contributed by atoms with Gasteiger partial charge in [0, 0.05) is 0 Å². The zero-order chi connectivity index (χ0) is 9.59. The normalized spacial score (nSPS) is 48.1. The zero-order valence-corrected chi connectivity index (χ0v) is 8.62. The van der Waals surface area contributed by atoms with Crippen LogP contribution in [0.15, 0.2) is 0 Å². The Morgan fingerprint density at radius 2 is 1.92 bits per heavy atom. The van der Waals surface area contributed by atoms with Gasteiger partial charge in [0.1, 0.15) is 0 Å². The molecule has 0 amide bonds. The van der Waals surface area contributed by atoms with E-state index in [0.29, 0.717) is 11.8 Å². The molecule has 0 spiro atoms. The van der Waals surface area contributed by atoms with Crippen LogP contribution in [0.25, 0.3) is 0 Å². The first-order valence-electron chi connectivity index (χ1n) is 5.23. The zero-order valence-electron chi connectivity index (χ0n) is 8.62. The number of fused-ring (bicyclic) bond motifs is 2. The summed E-state index contributed by atoms with van der Waals surface area (Å²) in [7, 11) is 1.50. The Balaban J connectivity index is 2.10. The summed E-state index contributed by atoms with van der Waals surface area (Å²) in [5.74, 6) is 3.14. The lowest BCUT2D eigenvalue weighted by atomic mass is 9.76. The van der Waals surface area contributed by atoms with Crippen LogP contribution in [-0.4, -0.2) is 13.1 Å². The molecule has 0 N–H and O–H groups in total. The van der Waals surface area contributed by atoms with Crippen molar-refractivity contribution in [3.05, 3.63) is 0 Å².